The van der Waals surface area contributed by atoms with Crippen LogP contribution in [0.4, 0.5) is 10.5 Å². The maximum Gasteiger partial charge on any atom is 0.414 e. The van der Waals surface area contributed by atoms with Crippen LogP contribution in [0.3, 0.4) is 0 Å². The van der Waals surface area contributed by atoms with Crippen molar-refractivity contribution in [1.29, 1.82) is 0 Å². The predicted octanol–water partition coefficient (Wildman–Crippen LogP) is 0.563. The van der Waals surface area contributed by atoms with Gasteiger partial charge >= 0.3 is 6.09 Å². The van der Waals surface area contributed by atoms with E-state index in [1.54, 1.807) is 12.1 Å². The number of nitrogens with one attached hydrogen (secondary N) is 1. The average molecular weight is 326 g/mol. The molecular weight excluding hydrogens is 308 g/mol. The van der Waals surface area contributed by atoms with E-state index in [4.69, 9.17) is 4.74 Å². The minimum absolute atomic E-state index is 0.0953. The van der Waals surface area contributed by atoms with Gasteiger partial charge in [0.25, 0.3) is 0 Å². The van der Waals surface area contributed by atoms with Gasteiger partial charge < -0.3 is 10.1 Å². The van der Waals surface area contributed by atoms with Crippen molar-refractivity contribution in [2.75, 3.05) is 30.0 Å². The fraction of sp³-hybridized carbons (Fsp3) is 0.429. The third-order valence-electron chi connectivity index (χ3n) is 3.17. The van der Waals surface area contributed by atoms with Crippen molar-refractivity contribution in [3.8, 4) is 0 Å². The number of anilines is 1. The van der Waals surface area contributed by atoms with Crippen molar-refractivity contribution >= 4 is 27.5 Å². The summed E-state index contributed by atoms with van der Waals surface area (Å²) in [7, 11) is -3.16. The molecule has 1 atom stereocenters. The summed E-state index contributed by atoms with van der Waals surface area (Å²) < 4.78 is 27.1. The molecule has 22 heavy (non-hydrogen) atoms. The van der Waals surface area contributed by atoms with Gasteiger partial charge in [-0.1, -0.05) is 18.2 Å². The Hall–Kier alpha value is -2.09. The topological polar surface area (TPSA) is 92.8 Å². The van der Waals surface area contributed by atoms with Gasteiger partial charge in [-0.05, 0) is 12.1 Å². The Morgan fingerprint density at radius 2 is 2.05 bits per heavy atom. The number of carbonyl (C=O) groups is 2. The Balaban J connectivity index is 1.81. The fourth-order valence-electron chi connectivity index (χ4n) is 2.04. The summed E-state index contributed by atoms with van der Waals surface area (Å²) in [6.07, 6.45) is 0.0787. The summed E-state index contributed by atoms with van der Waals surface area (Å²) in [6, 6.07) is 9.10. The summed E-state index contributed by atoms with van der Waals surface area (Å²) in [5.74, 6) is -0.570. The van der Waals surface area contributed by atoms with E-state index in [1.807, 2.05) is 18.2 Å². The molecule has 0 aliphatic carbocycles. The van der Waals surface area contributed by atoms with Gasteiger partial charge in [-0.3, -0.25) is 9.69 Å². The van der Waals surface area contributed by atoms with E-state index >= 15 is 0 Å². The molecule has 0 spiro atoms. The standard InChI is InChI=1S/C14H18N2O5S/c1-22(19,20)8-7-13(17)15-9-12-10-16(14(18)21-12)11-5-3-2-4-6-11/h2-6,12H,7-10H2,1H3,(H,15,17). The fourth-order valence-corrected chi connectivity index (χ4v) is 2.60. The number of sulfone groups is 1. The van der Waals surface area contributed by atoms with Gasteiger partial charge in [0.15, 0.2) is 0 Å². The van der Waals surface area contributed by atoms with E-state index in [-0.39, 0.29) is 24.6 Å². The summed E-state index contributed by atoms with van der Waals surface area (Å²) in [6.45, 7) is 0.507. The smallest absolute Gasteiger partial charge is 0.414 e. The highest BCUT2D eigenvalue weighted by Crippen LogP contribution is 2.20. The molecule has 1 fully saturated rings. The lowest BCUT2D eigenvalue weighted by atomic mass is 10.2. The number of hydrogen-bond donors (Lipinski definition) is 1. The number of benzene rings is 1. The van der Waals surface area contributed by atoms with Crippen LogP contribution in [0.15, 0.2) is 30.3 Å². The van der Waals surface area contributed by atoms with E-state index in [0.29, 0.717) is 6.54 Å². The second kappa shape index (κ2) is 6.78. The van der Waals surface area contributed by atoms with Crippen molar-refractivity contribution in [2.45, 2.75) is 12.5 Å². The molecule has 0 saturated carbocycles. The molecule has 0 bridgehead atoms. The lowest BCUT2D eigenvalue weighted by Crippen LogP contribution is -2.35. The maximum absolute atomic E-state index is 11.8. The van der Waals surface area contributed by atoms with Gasteiger partial charge in [-0.25, -0.2) is 13.2 Å². The molecule has 8 heteroatoms. The van der Waals surface area contributed by atoms with Crippen molar-refractivity contribution < 1.29 is 22.7 Å². The average Bonchev–Trinajstić information content (AvgIpc) is 2.84. The molecule has 1 aromatic carbocycles. The molecule has 120 valence electrons. The Kier molecular flexibility index (Phi) is 5.02. The molecule has 1 aliphatic rings. The van der Waals surface area contributed by atoms with Crippen LogP contribution in [0.2, 0.25) is 0 Å². The van der Waals surface area contributed by atoms with Crippen molar-refractivity contribution in [1.82, 2.24) is 5.32 Å². The third-order valence-corrected chi connectivity index (χ3v) is 4.11. The van der Waals surface area contributed by atoms with E-state index < -0.39 is 22.0 Å². The molecular formula is C14H18N2O5S. The van der Waals surface area contributed by atoms with Crippen LogP contribution in [-0.4, -0.2) is 51.6 Å². The zero-order valence-corrected chi connectivity index (χ0v) is 13.0. The lowest BCUT2D eigenvalue weighted by molar-refractivity contribution is -0.121. The molecule has 2 amide bonds. The quantitative estimate of drug-likeness (QED) is 0.825. The van der Waals surface area contributed by atoms with E-state index in [1.165, 1.54) is 4.90 Å². The van der Waals surface area contributed by atoms with Gasteiger partial charge in [0, 0.05) is 18.4 Å². The molecule has 1 aliphatic heterocycles. The minimum Gasteiger partial charge on any atom is -0.442 e. The first-order valence-corrected chi connectivity index (χ1v) is 8.89. The second-order valence-corrected chi connectivity index (χ2v) is 7.40. The highest BCUT2D eigenvalue weighted by Gasteiger charge is 2.32. The van der Waals surface area contributed by atoms with E-state index in [9.17, 15) is 18.0 Å². The zero-order chi connectivity index (χ0) is 16.2. The summed E-state index contributed by atoms with van der Waals surface area (Å²) in [5, 5.41) is 2.58. The molecule has 1 N–H and O–H groups in total. The van der Waals surface area contributed by atoms with Crippen LogP contribution in [0.5, 0.6) is 0 Å². The molecule has 2 rings (SSSR count). The molecule has 0 radical (unpaired) electrons. The van der Waals surface area contributed by atoms with Crippen LogP contribution in [-0.2, 0) is 19.4 Å². The monoisotopic (exact) mass is 326 g/mol. The van der Waals surface area contributed by atoms with Gasteiger partial charge in [0.2, 0.25) is 5.91 Å². The van der Waals surface area contributed by atoms with Gasteiger partial charge in [-0.2, -0.15) is 0 Å². The number of nitrogens with zero attached hydrogens (tertiary/aromatic N) is 1. The third kappa shape index (κ3) is 4.73. The number of para-hydroxylation sites is 1. The first-order valence-electron chi connectivity index (χ1n) is 6.83. The van der Waals surface area contributed by atoms with Crippen LogP contribution in [0.25, 0.3) is 0 Å². The van der Waals surface area contributed by atoms with Gasteiger partial charge in [0.1, 0.15) is 15.9 Å². The molecule has 0 aromatic heterocycles. The number of carbonyl (C=O) groups excluding carboxylic acids is 2. The Labute approximate surface area is 129 Å². The Morgan fingerprint density at radius 1 is 1.36 bits per heavy atom. The maximum atomic E-state index is 11.8. The van der Waals surface area contributed by atoms with Crippen LogP contribution >= 0.6 is 0 Å². The van der Waals surface area contributed by atoms with Crippen molar-refractivity contribution in [3.63, 3.8) is 0 Å². The zero-order valence-electron chi connectivity index (χ0n) is 12.2. The predicted molar refractivity (Wildman–Crippen MR) is 81.4 cm³/mol. The SMILES string of the molecule is CS(=O)(=O)CCC(=O)NCC1CN(c2ccccc2)C(=O)O1. The highest BCUT2D eigenvalue weighted by molar-refractivity contribution is 7.90. The van der Waals surface area contributed by atoms with Gasteiger partial charge in [0.05, 0.1) is 18.8 Å². The van der Waals surface area contributed by atoms with Crippen LogP contribution in [0, 0.1) is 0 Å². The normalized spacial score (nSPS) is 18.1. The molecule has 1 heterocycles. The van der Waals surface area contributed by atoms with Crippen molar-refractivity contribution in [3.05, 3.63) is 30.3 Å². The molecule has 1 unspecified atom stereocenters. The first-order chi connectivity index (χ1) is 10.3. The number of amides is 2. The Bertz CT molecular complexity index is 644. The second-order valence-electron chi connectivity index (χ2n) is 5.14. The number of cyclic esters (lactones) is 1. The van der Waals surface area contributed by atoms with Crippen molar-refractivity contribution in [2.24, 2.45) is 0 Å². The number of rotatable bonds is 6. The minimum atomic E-state index is -3.16. The molecule has 7 nitrogen and oxygen atoms in total. The molecule has 1 aromatic rings. The van der Waals surface area contributed by atoms with E-state index in [0.717, 1.165) is 11.9 Å². The van der Waals surface area contributed by atoms with Crippen LogP contribution < -0.4 is 10.2 Å². The summed E-state index contributed by atoms with van der Waals surface area (Å²) in [4.78, 5) is 24.8. The lowest BCUT2D eigenvalue weighted by Gasteiger charge is -2.12. The number of ether oxygens (including phenoxy) is 1. The van der Waals surface area contributed by atoms with Gasteiger partial charge in [-0.15, -0.1) is 0 Å². The summed E-state index contributed by atoms with van der Waals surface area (Å²) in [5.41, 5.74) is 0.735. The largest absolute Gasteiger partial charge is 0.442 e. The number of hydrogen-bond acceptors (Lipinski definition) is 5. The van der Waals surface area contributed by atoms with E-state index in [2.05, 4.69) is 5.32 Å². The van der Waals surface area contributed by atoms with Crippen LogP contribution in [0.1, 0.15) is 6.42 Å². The first kappa shape index (κ1) is 16.3. The Morgan fingerprint density at radius 3 is 2.68 bits per heavy atom. The highest BCUT2D eigenvalue weighted by atomic mass is 32.2. The summed E-state index contributed by atoms with van der Waals surface area (Å²) >= 11 is 0. The molecule has 1 saturated heterocycles.